The largest absolute Gasteiger partial charge is 0.511 e. The minimum absolute atomic E-state index is 0.0157. The molecule has 0 fully saturated rings. The first-order valence-electron chi connectivity index (χ1n) is 5.56. The van der Waals surface area contributed by atoms with E-state index in [-0.39, 0.29) is 17.0 Å². The maximum Gasteiger partial charge on any atom is 0.168 e. The van der Waals surface area contributed by atoms with Crippen LogP contribution in [0.4, 0.5) is 0 Å². The number of allylic oxidation sites excluding steroid dienone is 1. The summed E-state index contributed by atoms with van der Waals surface area (Å²) in [6.07, 6.45) is 0.999. The van der Waals surface area contributed by atoms with Gasteiger partial charge in [0.25, 0.3) is 0 Å². The third-order valence-corrected chi connectivity index (χ3v) is 2.92. The molecule has 0 bridgehead atoms. The second-order valence-corrected chi connectivity index (χ2v) is 5.14. The van der Waals surface area contributed by atoms with E-state index >= 15 is 0 Å². The Morgan fingerprint density at radius 3 is 2.69 bits per heavy atom. The van der Waals surface area contributed by atoms with Crippen LogP contribution in [0.15, 0.2) is 16.3 Å². The quantitative estimate of drug-likeness (QED) is 0.735. The molecular formula is C12H17NO3. The van der Waals surface area contributed by atoms with Crippen molar-refractivity contribution in [1.82, 2.24) is 0 Å². The number of ether oxygens (including phenoxy) is 1. The van der Waals surface area contributed by atoms with Gasteiger partial charge in [0.2, 0.25) is 0 Å². The van der Waals surface area contributed by atoms with Crippen molar-refractivity contribution in [1.29, 1.82) is 0 Å². The lowest BCUT2D eigenvalue weighted by atomic mass is 9.75. The Kier molecular flexibility index (Phi) is 2.84. The number of hydrogen-bond donors (Lipinski definition) is 1. The molecule has 0 saturated carbocycles. The lowest BCUT2D eigenvalue weighted by Crippen LogP contribution is -2.32. The van der Waals surface area contributed by atoms with Gasteiger partial charge in [-0.3, -0.25) is 9.79 Å². The fraction of sp³-hybridized carbons (Fsp3) is 0.667. The van der Waals surface area contributed by atoms with E-state index in [9.17, 15) is 9.90 Å². The van der Waals surface area contributed by atoms with Crippen LogP contribution in [0.3, 0.4) is 0 Å². The summed E-state index contributed by atoms with van der Waals surface area (Å²) in [5, 5.41) is 9.95. The van der Waals surface area contributed by atoms with Gasteiger partial charge in [-0.1, -0.05) is 13.8 Å². The SMILES string of the molecule is CC1(C)CC(=O)C(C2=NCCOC2)=C(O)C1. The number of aliphatic hydroxyl groups is 1. The van der Waals surface area contributed by atoms with Crippen LogP contribution < -0.4 is 0 Å². The van der Waals surface area contributed by atoms with Crippen LogP contribution in [0.25, 0.3) is 0 Å². The Morgan fingerprint density at radius 2 is 2.12 bits per heavy atom. The highest BCUT2D eigenvalue weighted by molar-refractivity contribution is 6.23. The Bertz CT molecular complexity index is 380. The molecule has 16 heavy (non-hydrogen) atoms. The normalized spacial score (nSPS) is 25.6. The summed E-state index contributed by atoms with van der Waals surface area (Å²) in [6.45, 7) is 5.47. The molecule has 1 heterocycles. The zero-order chi connectivity index (χ0) is 11.8. The number of rotatable bonds is 1. The third kappa shape index (κ3) is 2.16. The second kappa shape index (κ2) is 4.01. The van der Waals surface area contributed by atoms with Crippen LogP contribution >= 0.6 is 0 Å². The number of hydrogen-bond acceptors (Lipinski definition) is 4. The highest BCUT2D eigenvalue weighted by Crippen LogP contribution is 2.36. The van der Waals surface area contributed by atoms with Gasteiger partial charge in [-0.25, -0.2) is 0 Å². The van der Waals surface area contributed by atoms with Crippen molar-refractivity contribution in [2.45, 2.75) is 26.7 Å². The van der Waals surface area contributed by atoms with E-state index in [1.165, 1.54) is 0 Å². The van der Waals surface area contributed by atoms with E-state index in [0.717, 1.165) is 0 Å². The summed E-state index contributed by atoms with van der Waals surface area (Å²) >= 11 is 0. The van der Waals surface area contributed by atoms with E-state index in [0.29, 0.717) is 43.9 Å². The Morgan fingerprint density at radius 1 is 1.38 bits per heavy atom. The van der Waals surface area contributed by atoms with Gasteiger partial charge in [-0.2, -0.15) is 0 Å². The minimum atomic E-state index is -0.152. The van der Waals surface area contributed by atoms with E-state index in [4.69, 9.17) is 4.74 Å². The molecule has 4 heteroatoms. The van der Waals surface area contributed by atoms with Crippen LogP contribution in [-0.2, 0) is 9.53 Å². The smallest absolute Gasteiger partial charge is 0.168 e. The Balaban J connectivity index is 2.32. The maximum absolute atomic E-state index is 12.0. The van der Waals surface area contributed by atoms with Gasteiger partial charge in [-0.15, -0.1) is 0 Å². The molecule has 88 valence electrons. The zero-order valence-corrected chi connectivity index (χ0v) is 9.75. The molecule has 2 aliphatic rings. The second-order valence-electron chi connectivity index (χ2n) is 5.14. The van der Waals surface area contributed by atoms with Gasteiger partial charge < -0.3 is 9.84 Å². The fourth-order valence-corrected chi connectivity index (χ4v) is 2.23. The van der Waals surface area contributed by atoms with Crippen LogP contribution in [0.5, 0.6) is 0 Å². The van der Waals surface area contributed by atoms with Crippen molar-refractivity contribution in [3.63, 3.8) is 0 Å². The van der Waals surface area contributed by atoms with Crippen LogP contribution in [0.2, 0.25) is 0 Å². The van der Waals surface area contributed by atoms with Gasteiger partial charge in [0, 0.05) is 12.8 Å². The van der Waals surface area contributed by atoms with Gasteiger partial charge in [-0.05, 0) is 5.41 Å². The highest BCUT2D eigenvalue weighted by Gasteiger charge is 2.35. The molecule has 0 amide bonds. The molecule has 0 unspecified atom stereocenters. The first-order valence-corrected chi connectivity index (χ1v) is 5.56. The topological polar surface area (TPSA) is 58.9 Å². The van der Waals surface area contributed by atoms with Crippen LogP contribution in [-0.4, -0.2) is 36.4 Å². The van der Waals surface area contributed by atoms with Crippen molar-refractivity contribution >= 4 is 11.5 Å². The first-order chi connectivity index (χ1) is 7.49. The van der Waals surface area contributed by atoms with Crippen molar-refractivity contribution in [3.05, 3.63) is 11.3 Å². The summed E-state index contributed by atoms with van der Waals surface area (Å²) in [4.78, 5) is 16.2. The number of carbonyl (C=O) groups excluding carboxylic acids is 1. The molecular weight excluding hydrogens is 206 g/mol. The number of carbonyl (C=O) groups is 1. The zero-order valence-electron chi connectivity index (χ0n) is 9.75. The Labute approximate surface area is 95.0 Å². The summed E-state index contributed by atoms with van der Waals surface area (Å²) in [5.41, 5.74) is 0.865. The summed E-state index contributed by atoms with van der Waals surface area (Å²) in [6, 6.07) is 0. The monoisotopic (exact) mass is 223 g/mol. The highest BCUT2D eigenvalue weighted by atomic mass is 16.5. The molecule has 0 aromatic carbocycles. The molecule has 2 rings (SSSR count). The Hall–Kier alpha value is -1.16. The van der Waals surface area contributed by atoms with Gasteiger partial charge in [0.05, 0.1) is 31.0 Å². The number of aliphatic imine (C=N–C) groups is 1. The average Bonchev–Trinajstić information content (AvgIpc) is 2.16. The summed E-state index contributed by atoms with van der Waals surface area (Å²) in [5.74, 6) is 0.156. The van der Waals surface area contributed by atoms with Gasteiger partial charge >= 0.3 is 0 Å². The van der Waals surface area contributed by atoms with E-state index in [1.807, 2.05) is 13.8 Å². The molecule has 1 aliphatic heterocycles. The molecule has 0 aromatic heterocycles. The lowest BCUT2D eigenvalue weighted by molar-refractivity contribution is -0.118. The van der Waals surface area contributed by atoms with Crippen molar-refractivity contribution < 1.29 is 14.6 Å². The molecule has 4 nitrogen and oxygen atoms in total. The number of aliphatic hydroxyl groups excluding tert-OH is 1. The third-order valence-electron chi connectivity index (χ3n) is 2.92. The molecule has 0 saturated heterocycles. The molecule has 0 atom stereocenters. The standard InChI is InChI=1S/C12H17NO3/c1-12(2)5-9(14)11(10(15)6-12)8-7-16-4-3-13-8/h14H,3-7H2,1-2H3. The minimum Gasteiger partial charge on any atom is -0.511 e. The molecule has 0 aromatic rings. The van der Waals surface area contributed by atoms with E-state index < -0.39 is 0 Å². The molecule has 1 N–H and O–H groups in total. The van der Waals surface area contributed by atoms with E-state index in [1.54, 1.807) is 0 Å². The van der Waals surface area contributed by atoms with Crippen molar-refractivity contribution in [3.8, 4) is 0 Å². The number of Topliss-reactive ketones (excluding diaryl/α,β-unsaturated/α-hetero) is 1. The van der Waals surface area contributed by atoms with Crippen LogP contribution in [0.1, 0.15) is 26.7 Å². The average molecular weight is 223 g/mol. The van der Waals surface area contributed by atoms with Crippen LogP contribution in [0, 0.1) is 5.41 Å². The van der Waals surface area contributed by atoms with Crippen molar-refractivity contribution in [2.24, 2.45) is 10.4 Å². The van der Waals surface area contributed by atoms with Gasteiger partial charge in [0.1, 0.15) is 5.76 Å². The predicted molar refractivity (Wildman–Crippen MR) is 60.8 cm³/mol. The van der Waals surface area contributed by atoms with Gasteiger partial charge in [0.15, 0.2) is 5.78 Å². The van der Waals surface area contributed by atoms with Crippen molar-refractivity contribution in [2.75, 3.05) is 19.8 Å². The molecule has 1 aliphatic carbocycles. The summed E-state index contributed by atoms with van der Waals surface area (Å²) in [7, 11) is 0. The molecule has 0 spiro atoms. The van der Waals surface area contributed by atoms with E-state index in [2.05, 4.69) is 4.99 Å². The first kappa shape index (κ1) is 11.3. The molecule has 0 radical (unpaired) electrons. The lowest BCUT2D eigenvalue weighted by Gasteiger charge is -2.30. The fourth-order valence-electron chi connectivity index (χ4n) is 2.23. The predicted octanol–water partition coefficient (Wildman–Crippen LogP) is 1.66. The number of nitrogens with zero attached hydrogens (tertiary/aromatic N) is 1. The summed E-state index contributed by atoms with van der Waals surface area (Å²) < 4.78 is 5.26. The number of ketones is 1. The maximum atomic E-state index is 12.0.